The Morgan fingerprint density at radius 3 is 2.42 bits per heavy atom. The lowest BCUT2D eigenvalue weighted by molar-refractivity contribution is -0.291. The summed E-state index contributed by atoms with van der Waals surface area (Å²) in [5.74, 6) is -5.65. The number of hydrogen-bond acceptors (Lipinski definition) is 9. The van der Waals surface area contributed by atoms with Crippen LogP contribution in [0, 0.1) is 0 Å². The summed E-state index contributed by atoms with van der Waals surface area (Å²) in [6, 6.07) is 1.68. The number of alkyl halides is 5. The quantitative estimate of drug-likeness (QED) is 0.416. The first-order valence-corrected chi connectivity index (χ1v) is 10.6. The van der Waals surface area contributed by atoms with Gasteiger partial charge in [-0.3, -0.25) is 4.98 Å². The Kier molecular flexibility index (Phi) is 5.10. The van der Waals surface area contributed by atoms with Crippen molar-refractivity contribution in [2.75, 3.05) is 5.75 Å². The lowest BCUT2D eigenvalue weighted by Crippen LogP contribution is -2.34. The van der Waals surface area contributed by atoms with E-state index in [2.05, 4.69) is 40.8 Å². The molecule has 0 saturated carbocycles. The zero-order valence-electron chi connectivity index (χ0n) is 16.6. The summed E-state index contributed by atoms with van der Waals surface area (Å²) in [5.41, 5.74) is -2.12. The molecular formula is C16H12F5N9O2S. The molecule has 4 aromatic rings. The van der Waals surface area contributed by atoms with Crippen LogP contribution in [0.25, 0.3) is 34.1 Å². The van der Waals surface area contributed by atoms with Crippen LogP contribution in [0.2, 0.25) is 0 Å². The van der Waals surface area contributed by atoms with E-state index in [1.54, 1.807) is 0 Å². The number of rotatable bonds is 5. The van der Waals surface area contributed by atoms with Gasteiger partial charge in [0.15, 0.2) is 21.3 Å². The maximum atomic E-state index is 13.7. The standard InChI is InChI=1S/C16H12F5N9O2S/c1-3-33(31,32)9-4-7(12-25-28-29-26-12)6-22-11(9)14-23-8-5-10(15(17,18)16(19,20)21)24-27-13(8)30(14)2/h4-6H,3H2,1-2H3,(H,25,26,28,29). The predicted molar refractivity (Wildman–Crippen MR) is 100 cm³/mol. The number of pyridine rings is 1. The minimum atomic E-state index is -5.89. The van der Waals surface area contributed by atoms with Gasteiger partial charge in [0.05, 0.1) is 10.6 Å². The van der Waals surface area contributed by atoms with Crippen LogP contribution >= 0.6 is 0 Å². The Bertz CT molecular complexity index is 1450. The minimum absolute atomic E-state index is 0.0662. The average molecular weight is 489 g/mol. The Morgan fingerprint density at radius 2 is 1.82 bits per heavy atom. The van der Waals surface area contributed by atoms with Gasteiger partial charge < -0.3 is 4.57 Å². The van der Waals surface area contributed by atoms with E-state index in [9.17, 15) is 30.4 Å². The number of imidazole rings is 1. The second-order valence-electron chi connectivity index (χ2n) is 6.71. The summed E-state index contributed by atoms with van der Waals surface area (Å²) in [4.78, 5) is 7.87. The molecule has 4 aromatic heterocycles. The number of aromatic nitrogens is 9. The van der Waals surface area contributed by atoms with Gasteiger partial charge in [-0.05, 0) is 17.3 Å². The molecule has 0 aliphatic carbocycles. The summed E-state index contributed by atoms with van der Waals surface area (Å²) in [7, 11) is -2.54. The number of fused-ring (bicyclic) bond motifs is 1. The maximum Gasteiger partial charge on any atom is 0.459 e. The van der Waals surface area contributed by atoms with E-state index in [1.807, 2.05) is 0 Å². The molecule has 0 bridgehead atoms. The third-order valence-corrected chi connectivity index (χ3v) is 6.42. The number of sulfone groups is 1. The minimum Gasteiger partial charge on any atom is -0.309 e. The van der Waals surface area contributed by atoms with Crippen molar-refractivity contribution in [3.8, 4) is 22.9 Å². The summed E-state index contributed by atoms with van der Waals surface area (Å²) >= 11 is 0. The molecule has 33 heavy (non-hydrogen) atoms. The summed E-state index contributed by atoms with van der Waals surface area (Å²) in [6.45, 7) is 1.39. The molecule has 17 heteroatoms. The SMILES string of the molecule is CCS(=O)(=O)c1cc(-c2nn[nH]n2)cnc1-c1nc2cc(C(F)(F)C(F)(F)F)nnc2n1C. The third kappa shape index (κ3) is 3.66. The summed E-state index contributed by atoms with van der Waals surface area (Å²) in [6.07, 6.45) is -4.65. The number of tetrazole rings is 1. The van der Waals surface area contributed by atoms with Crippen molar-refractivity contribution in [2.45, 2.75) is 23.9 Å². The predicted octanol–water partition coefficient (Wildman–Crippen LogP) is 2.05. The van der Waals surface area contributed by atoms with Crippen molar-refractivity contribution >= 4 is 21.0 Å². The number of nitrogens with zero attached hydrogens (tertiary/aromatic N) is 8. The second-order valence-corrected chi connectivity index (χ2v) is 8.96. The summed E-state index contributed by atoms with van der Waals surface area (Å²) in [5, 5.41) is 19.6. The molecule has 0 aromatic carbocycles. The fourth-order valence-corrected chi connectivity index (χ4v) is 3.96. The topological polar surface area (TPSA) is 145 Å². The van der Waals surface area contributed by atoms with Crippen LogP contribution in [0.4, 0.5) is 22.0 Å². The average Bonchev–Trinajstić information content (AvgIpc) is 3.41. The molecule has 0 aliphatic rings. The number of nitrogens with one attached hydrogen (secondary N) is 1. The molecule has 0 atom stereocenters. The van der Waals surface area contributed by atoms with E-state index in [0.717, 1.165) is 0 Å². The van der Waals surface area contributed by atoms with Gasteiger partial charge in [0.2, 0.25) is 5.82 Å². The van der Waals surface area contributed by atoms with Crippen molar-refractivity contribution in [1.82, 2.24) is 45.4 Å². The molecule has 174 valence electrons. The molecule has 0 spiro atoms. The fourth-order valence-electron chi connectivity index (χ4n) is 2.91. The zero-order valence-corrected chi connectivity index (χ0v) is 17.4. The van der Waals surface area contributed by atoms with E-state index in [4.69, 9.17) is 0 Å². The van der Waals surface area contributed by atoms with Gasteiger partial charge >= 0.3 is 12.1 Å². The molecule has 0 fully saturated rings. The molecule has 0 saturated heterocycles. The van der Waals surface area contributed by atoms with Crippen molar-refractivity contribution in [3.63, 3.8) is 0 Å². The van der Waals surface area contributed by atoms with Crippen LogP contribution in [0.1, 0.15) is 12.6 Å². The Balaban J connectivity index is 1.92. The number of halogens is 5. The lowest BCUT2D eigenvalue weighted by atomic mass is 10.2. The van der Waals surface area contributed by atoms with Gasteiger partial charge in [0, 0.05) is 18.8 Å². The van der Waals surface area contributed by atoms with Crippen molar-refractivity contribution in [1.29, 1.82) is 0 Å². The zero-order chi connectivity index (χ0) is 24.2. The Morgan fingerprint density at radius 1 is 1.09 bits per heavy atom. The highest BCUT2D eigenvalue weighted by Crippen LogP contribution is 2.43. The van der Waals surface area contributed by atoms with Crippen LogP contribution in [-0.4, -0.2) is 65.7 Å². The van der Waals surface area contributed by atoms with E-state index >= 15 is 0 Å². The van der Waals surface area contributed by atoms with Gasteiger partial charge in [0.25, 0.3) is 0 Å². The molecule has 1 N–H and O–H groups in total. The lowest BCUT2D eigenvalue weighted by Gasteiger charge is -2.17. The largest absolute Gasteiger partial charge is 0.459 e. The van der Waals surface area contributed by atoms with Gasteiger partial charge in [0.1, 0.15) is 16.9 Å². The number of H-pyrrole nitrogens is 1. The van der Waals surface area contributed by atoms with Gasteiger partial charge in [-0.25, -0.2) is 13.4 Å². The number of hydrogen-bond donors (Lipinski definition) is 1. The Hall–Kier alpha value is -3.63. The molecule has 0 radical (unpaired) electrons. The molecular weight excluding hydrogens is 477 g/mol. The van der Waals surface area contributed by atoms with Crippen molar-refractivity contribution in [3.05, 3.63) is 24.0 Å². The summed E-state index contributed by atoms with van der Waals surface area (Å²) < 4.78 is 92.2. The van der Waals surface area contributed by atoms with Crippen LogP contribution in [0.3, 0.4) is 0 Å². The smallest absolute Gasteiger partial charge is 0.309 e. The van der Waals surface area contributed by atoms with Gasteiger partial charge in [-0.2, -0.15) is 27.2 Å². The maximum absolute atomic E-state index is 13.7. The van der Waals surface area contributed by atoms with Gasteiger partial charge in [-0.1, -0.05) is 6.92 Å². The first-order valence-electron chi connectivity index (χ1n) is 8.99. The first kappa shape index (κ1) is 22.6. The van der Waals surface area contributed by atoms with Crippen LogP contribution in [0.5, 0.6) is 0 Å². The van der Waals surface area contributed by atoms with Crippen LogP contribution in [0.15, 0.2) is 23.2 Å². The highest BCUT2D eigenvalue weighted by molar-refractivity contribution is 7.91. The van der Waals surface area contributed by atoms with E-state index < -0.39 is 27.6 Å². The van der Waals surface area contributed by atoms with Gasteiger partial charge in [-0.15, -0.1) is 20.4 Å². The molecule has 0 aliphatic heterocycles. The van der Waals surface area contributed by atoms with E-state index in [-0.39, 0.29) is 44.7 Å². The monoisotopic (exact) mass is 489 g/mol. The highest BCUT2D eigenvalue weighted by Gasteiger charge is 2.60. The van der Waals surface area contributed by atoms with Crippen LogP contribution < -0.4 is 0 Å². The number of aryl methyl sites for hydroxylation is 1. The van der Waals surface area contributed by atoms with E-state index in [0.29, 0.717) is 6.07 Å². The van der Waals surface area contributed by atoms with Crippen molar-refractivity contribution in [2.24, 2.45) is 7.05 Å². The molecule has 11 nitrogen and oxygen atoms in total. The molecule has 4 heterocycles. The van der Waals surface area contributed by atoms with Crippen LogP contribution in [-0.2, 0) is 22.8 Å². The van der Waals surface area contributed by atoms with Crippen molar-refractivity contribution < 1.29 is 30.4 Å². The fraction of sp³-hybridized carbons (Fsp3) is 0.312. The third-order valence-electron chi connectivity index (χ3n) is 4.68. The van der Waals surface area contributed by atoms with E-state index in [1.165, 1.54) is 30.8 Å². The Labute approximate surface area is 181 Å². The molecule has 0 amide bonds. The number of aromatic amines is 1. The highest BCUT2D eigenvalue weighted by atomic mass is 32.2. The first-order chi connectivity index (χ1) is 15.4. The molecule has 0 unspecified atom stereocenters. The molecule has 4 rings (SSSR count). The normalized spacial score (nSPS) is 13.1. The second kappa shape index (κ2) is 7.46.